The average Bonchev–Trinajstić information content (AvgIpc) is 2.85. The van der Waals surface area contributed by atoms with Crippen LogP contribution in [0.2, 0.25) is 0 Å². The Hall–Kier alpha value is -0.830. The van der Waals surface area contributed by atoms with Gasteiger partial charge in [-0.25, -0.2) is 4.98 Å². The van der Waals surface area contributed by atoms with Gasteiger partial charge in [0, 0.05) is 12.2 Å². The van der Waals surface area contributed by atoms with Crippen molar-refractivity contribution in [1.82, 2.24) is 14.9 Å². The Morgan fingerprint density at radius 3 is 2.80 bits per heavy atom. The predicted octanol–water partition coefficient (Wildman–Crippen LogP) is 3.57. The summed E-state index contributed by atoms with van der Waals surface area (Å²) >= 11 is 0. The van der Waals surface area contributed by atoms with Gasteiger partial charge in [0.2, 0.25) is 0 Å². The molecule has 1 aromatic rings. The molecule has 1 heterocycles. The summed E-state index contributed by atoms with van der Waals surface area (Å²) in [6.07, 6.45) is 12.5. The Balaban J connectivity index is 1.54. The molecular formula is C17H31N3. The molecule has 0 unspecified atom stereocenters. The Bertz CT molecular complexity index is 382. The number of aromatic nitrogens is 2. The lowest BCUT2D eigenvalue weighted by Gasteiger charge is -2.14. The molecule has 1 aromatic heterocycles. The number of fused-ring (bicyclic) bond motifs is 1. The number of rotatable bonds is 9. The largest absolute Gasteiger partial charge is 0.334 e. The molecule has 20 heavy (non-hydrogen) atoms. The molecule has 1 N–H and O–H groups in total. The molecule has 1 aliphatic rings. The van der Waals surface area contributed by atoms with Gasteiger partial charge < -0.3 is 9.88 Å². The van der Waals surface area contributed by atoms with E-state index in [1.165, 1.54) is 75.8 Å². The predicted molar refractivity (Wildman–Crippen MR) is 85.0 cm³/mol. The van der Waals surface area contributed by atoms with Crippen molar-refractivity contribution in [3.63, 3.8) is 0 Å². The van der Waals surface area contributed by atoms with Gasteiger partial charge in [0.05, 0.1) is 12.0 Å². The van der Waals surface area contributed by atoms with Gasteiger partial charge in [0.1, 0.15) is 0 Å². The smallest absolute Gasteiger partial charge is 0.0951 e. The van der Waals surface area contributed by atoms with Crippen LogP contribution in [0.3, 0.4) is 0 Å². The maximum absolute atomic E-state index is 4.57. The first-order valence-electron chi connectivity index (χ1n) is 8.51. The number of nitrogens with one attached hydrogen (secondary N) is 1. The second kappa shape index (κ2) is 8.46. The second-order valence-electron chi connectivity index (χ2n) is 6.55. The minimum Gasteiger partial charge on any atom is -0.334 e. The molecule has 1 aliphatic carbocycles. The third-order valence-electron chi connectivity index (χ3n) is 4.17. The van der Waals surface area contributed by atoms with Gasteiger partial charge in [0.15, 0.2) is 0 Å². The van der Waals surface area contributed by atoms with Crippen LogP contribution in [0.15, 0.2) is 6.33 Å². The van der Waals surface area contributed by atoms with Crippen LogP contribution in [0.4, 0.5) is 0 Å². The van der Waals surface area contributed by atoms with Crippen LogP contribution in [0.5, 0.6) is 0 Å². The molecule has 0 aliphatic heterocycles. The Morgan fingerprint density at radius 2 is 1.95 bits per heavy atom. The van der Waals surface area contributed by atoms with E-state index in [1.54, 1.807) is 0 Å². The second-order valence-corrected chi connectivity index (χ2v) is 6.55. The van der Waals surface area contributed by atoms with Gasteiger partial charge >= 0.3 is 0 Å². The molecule has 0 saturated carbocycles. The summed E-state index contributed by atoms with van der Waals surface area (Å²) < 4.78 is 2.41. The number of aryl methyl sites for hydroxylation is 2. The van der Waals surface area contributed by atoms with Gasteiger partial charge in [-0.15, -0.1) is 0 Å². The van der Waals surface area contributed by atoms with Crippen molar-refractivity contribution in [3.8, 4) is 0 Å². The van der Waals surface area contributed by atoms with E-state index in [4.69, 9.17) is 0 Å². The van der Waals surface area contributed by atoms with Crippen LogP contribution >= 0.6 is 0 Å². The summed E-state index contributed by atoms with van der Waals surface area (Å²) in [4.78, 5) is 4.57. The van der Waals surface area contributed by atoms with E-state index in [1.807, 2.05) is 0 Å². The van der Waals surface area contributed by atoms with E-state index in [0.717, 1.165) is 12.5 Å². The van der Waals surface area contributed by atoms with Gasteiger partial charge in [-0.05, 0) is 57.5 Å². The minimum absolute atomic E-state index is 0.766. The Morgan fingerprint density at radius 1 is 1.15 bits per heavy atom. The summed E-state index contributed by atoms with van der Waals surface area (Å²) in [6, 6.07) is 0. The molecule has 0 atom stereocenters. The topological polar surface area (TPSA) is 29.9 Å². The molecule has 0 aromatic carbocycles. The molecule has 0 spiro atoms. The highest BCUT2D eigenvalue weighted by Crippen LogP contribution is 2.20. The Labute approximate surface area is 124 Å². The van der Waals surface area contributed by atoms with Crippen LogP contribution in [0.1, 0.15) is 63.8 Å². The standard InChI is InChI=1S/C17H31N3/c1-15(2)13-18-11-7-3-4-8-12-20-14-19-16-9-5-6-10-17(16)20/h14-15,18H,3-13H2,1-2H3. The number of hydrogen-bond acceptors (Lipinski definition) is 2. The number of imidazole rings is 1. The summed E-state index contributed by atoms with van der Waals surface area (Å²) in [5, 5.41) is 3.52. The zero-order valence-electron chi connectivity index (χ0n) is 13.3. The fourth-order valence-electron chi connectivity index (χ4n) is 3.00. The van der Waals surface area contributed by atoms with Crippen molar-refractivity contribution in [3.05, 3.63) is 17.7 Å². The van der Waals surface area contributed by atoms with Crippen molar-refractivity contribution >= 4 is 0 Å². The molecule has 114 valence electrons. The molecule has 0 bridgehead atoms. The lowest BCUT2D eigenvalue weighted by atomic mass is 10.0. The fourth-order valence-corrected chi connectivity index (χ4v) is 3.00. The zero-order valence-corrected chi connectivity index (χ0v) is 13.3. The average molecular weight is 277 g/mol. The molecule has 0 amide bonds. The SMILES string of the molecule is CC(C)CNCCCCCCn1cnc2c1CCCC2. The van der Waals surface area contributed by atoms with Crippen molar-refractivity contribution in [2.45, 2.75) is 71.8 Å². The van der Waals surface area contributed by atoms with E-state index in [2.05, 4.69) is 35.0 Å². The van der Waals surface area contributed by atoms with Crippen LogP contribution in [0, 0.1) is 5.92 Å². The van der Waals surface area contributed by atoms with Crippen LogP contribution < -0.4 is 5.32 Å². The van der Waals surface area contributed by atoms with E-state index < -0.39 is 0 Å². The monoisotopic (exact) mass is 277 g/mol. The number of hydrogen-bond donors (Lipinski definition) is 1. The van der Waals surface area contributed by atoms with Gasteiger partial charge in [-0.3, -0.25) is 0 Å². The van der Waals surface area contributed by atoms with E-state index in [-0.39, 0.29) is 0 Å². The van der Waals surface area contributed by atoms with Crippen molar-refractivity contribution in [1.29, 1.82) is 0 Å². The van der Waals surface area contributed by atoms with Crippen molar-refractivity contribution in [2.75, 3.05) is 13.1 Å². The molecule has 3 nitrogen and oxygen atoms in total. The number of unbranched alkanes of at least 4 members (excludes halogenated alkanes) is 3. The van der Waals surface area contributed by atoms with Gasteiger partial charge in [0.25, 0.3) is 0 Å². The summed E-state index contributed by atoms with van der Waals surface area (Å²) in [6.45, 7) is 8.03. The maximum atomic E-state index is 4.57. The lowest BCUT2D eigenvalue weighted by molar-refractivity contribution is 0.511. The summed E-state index contributed by atoms with van der Waals surface area (Å²) in [5.74, 6) is 0.766. The molecular weight excluding hydrogens is 246 g/mol. The first kappa shape index (κ1) is 15.6. The fraction of sp³-hybridized carbons (Fsp3) is 0.824. The molecule has 0 fully saturated rings. The third kappa shape index (κ3) is 4.93. The van der Waals surface area contributed by atoms with E-state index in [0.29, 0.717) is 0 Å². The maximum Gasteiger partial charge on any atom is 0.0951 e. The lowest BCUT2D eigenvalue weighted by Crippen LogP contribution is -2.20. The zero-order chi connectivity index (χ0) is 14.2. The van der Waals surface area contributed by atoms with Gasteiger partial charge in [-0.2, -0.15) is 0 Å². The Kier molecular flexibility index (Phi) is 6.58. The minimum atomic E-state index is 0.766. The molecule has 3 heteroatoms. The highest BCUT2D eigenvalue weighted by molar-refractivity contribution is 5.16. The van der Waals surface area contributed by atoms with Gasteiger partial charge in [-0.1, -0.05) is 26.7 Å². The normalized spacial score (nSPS) is 14.8. The van der Waals surface area contributed by atoms with Crippen molar-refractivity contribution < 1.29 is 0 Å². The first-order chi connectivity index (χ1) is 9.77. The van der Waals surface area contributed by atoms with Crippen LogP contribution in [-0.2, 0) is 19.4 Å². The first-order valence-corrected chi connectivity index (χ1v) is 8.51. The number of nitrogens with zero attached hydrogens (tertiary/aromatic N) is 2. The van der Waals surface area contributed by atoms with E-state index in [9.17, 15) is 0 Å². The van der Waals surface area contributed by atoms with Crippen molar-refractivity contribution in [2.24, 2.45) is 5.92 Å². The highest BCUT2D eigenvalue weighted by Gasteiger charge is 2.14. The van der Waals surface area contributed by atoms with Crippen LogP contribution in [-0.4, -0.2) is 22.6 Å². The quantitative estimate of drug-likeness (QED) is 0.699. The third-order valence-corrected chi connectivity index (χ3v) is 4.17. The van der Waals surface area contributed by atoms with Crippen LogP contribution in [0.25, 0.3) is 0 Å². The molecule has 2 rings (SSSR count). The summed E-state index contributed by atoms with van der Waals surface area (Å²) in [7, 11) is 0. The highest BCUT2D eigenvalue weighted by atomic mass is 15.1. The molecule has 0 radical (unpaired) electrons. The van der Waals surface area contributed by atoms with E-state index >= 15 is 0 Å². The molecule has 0 saturated heterocycles. The summed E-state index contributed by atoms with van der Waals surface area (Å²) in [5.41, 5.74) is 2.89.